The van der Waals surface area contributed by atoms with E-state index in [0.717, 1.165) is 0 Å². The van der Waals surface area contributed by atoms with E-state index in [0.29, 0.717) is 15.7 Å². The molecular formula is C12H16BrN3O3. The van der Waals surface area contributed by atoms with Crippen molar-refractivity contribution in [2.75, 3.05) is 5.32 Å². The fourth-order valence-electron chi connectivity index (χ4n) is 1.25. The van der Waals surface area contributed by atoms with Gasteiger partial charge in [-0.2, -0.15) is 0 Å². The number of nitrogens with zero attached hydrogens (tertiary/aromatic N) is 1. The summed E-state index contributed by atoms with van der Waals surface area (Å²) in [6.07, 6.45) is -0.551. The molecule has 1 aromatic rings. The van der Waals surface area contributed by atoms with Crippen LogP contribution in [-0.2, 0) is 4.74 Å². The number of benzene rings is 1. The molecule has 1 rings (SSSR count). The Bertz CT molecular complexity index is 509. The van der Waals surface area contributed by atoms with Gasteiger partial charge in [0.05, 0.1) is 5.69 Å². The van der Waals surface area contributed by atoms with Crippen LogP contribution in [0.15, 0.2) is 27.8 Å². The maximum Gasteiger partial charge on any atom is 0.412 e. The third-order valence-electron chi connectivity index (χ3n) is 2.01. The Morgan fingerprint density at radius 1 is 1.47 bits per heavy atom. The number of hydrogen-bond acceptors (Lipinski definition) is 4. The number of oxime groups is 1. The monoisotopic (exact) mass is 329 g/mol. The molecule has 0 heterocycles. The first-order valence-corrected chi connectivity index (χ1v) is 6.29. The number of ether oxygens (including phenoxy) is 1. The fraction of sp³-hybridized carbons (Fsp3) is 0.333. The zero-order valence-corrected chi connectivity index (χ0v) is 12.5. The molecule has 1 amide bonds. The molecule has 0 bridgehead atoms. The maximum atomic E-state index is 11.6. The predicted molar refractivity (Wildman–Crippen MR) is 76.5 cm³/mol. The molecule has 104 valence electrons. The fourth-order valence-corrected chi connectivity index (χ4v) is 1.73. The molecule has 0 saturated carbocycles. The van der Waals surface area contributed by atoms with Crippen LogP contribution in [0.2, 0.25) is 0 Å². The van der Waals surface area contributed by atoms with Crippen molar-refractivity contribution < 1.29 is 14.7 Å². The Balaban J connectivity index is 2.84. The number of rotatable bonds is 2. The smallest absolute Gasteiger partial charge is 0.412 e. The van der Waals surface area contributed by atoms with E-state index in [4.69, 9.17) is 15.7 Å². The number of nitrogens with two attached hydrogens (primary N) is 1. The molecule has 0 saturated heterocycles. The quantitative estimate of drug-likeness (QED) is 0.336. The van der Waals surface area contributed by atoms with Gasteiger partial charge >= 0.3 is 6.09 Å². The van der Waals surface area contributed by atoms with Crippen molar-refractivity contribution in [3.8, 4) is 0 Å². The SMILES string of the molecule is CC(C)(C)OC(=O)Nc1ccc(/C(N)=N/O)cc1Br. The van der Waals surface area contributed by atoms with E-state index in [1.807, 2.05) is 0 Å². The minimum atomic E-state index is -0.565. The van der Waals surface area contributed by atoms with E-state index in [1.165, 1.54) is 0 Å². The zero-order valence-electron chi connectivity index (χ0n) is 10.9. The summed E-state index contributed by atoms with van der Waals surface area (Å²) in [6, 6.07) is 4.87. The average Bonchev–Trinajstić information content (AvgIpc) is 2.28. The maximum absolute atomic E-state index is 11.6. The number of amides is 1. The first kappa shape index (κ1) is 15.3. The van der Waals surface area contributed by atoms with Gasteiger partial charge in [-0.05, 0) is 54.9 Å². The number of anilines is 1. The summed E-state index contributed by atoms with van der Waals surface area (Å²) in [4.78, 5) is 11.6. The number of halogens is 1. The second kappa shape index (κ2) is 5.92. The van der Waals surface area contributed by atoms with Crippen molar-refractivity contribution in [1.82, 2.24) is 0 Å². The lowest BCUT2D eigenvalue weighted by Crippen LogP contribution is -2.27. The summed E-state index contributed by atoms with van der Waals surface area (Å²) in [5, 5.41) is 14.1. The summed E-state index contributed by atoms with van der Waals surface area (Å²) in [6.45, 7) is 5.34. The van der Waals surface area contributed by atoms with Crippen molar-refractivity contribution in [2.45, 2.75) is 26.4 Å². The molecule has 0 aromatic heterocycles. The number of hydrogen-bond donors (Lipinski definition) is 3. The minimum absolute atomic E-state index is 0.00971. The average molecular weight is 330 g/mol. The lowest BCUT2D eigenvalue weighted by molar-refractivity contribution is 0.0636. The van der Waals surface area contributed by atoms with Crippen molar-refractivity contribution in [3.63, 3.8) is 0 Å². The van der Waals surface area contributed by atoms with Gasteiger partial charge in [-0.15, -0.1) is 0 Å². The molecule has 0 aliphatic carbocycles. The van der Waals surface area contributed by atoms with Crippen LogP contribution in [0.5, 0.6) is 0 Å². The van der Waals surface area contributed by atoms with Gasteiger partial charge in [0.25, 0.3) is 0 Å². The summed E-state index contributed by atoms with van der Waals surface area (Å²) in [7, 11) is 0. The minimum Gasteiger partial charge on any atom is -0.444 e. The lowest BCUT2D eigenvalue weighted by Gasteiger charge is -2.20. The second-order valence-corrected chi connectivity index (χ2v) is 5.66. The highest BCUT2D eigenvalue weighted by Crippen LogP contribution is 2.24. The van der Waals surface area contributed by atoms with Gasteiger partial charge in [0, 0.05) is 10.0 Å². The Hall–Kier alpha value is -1.76. The van der Waals surface area contributed by atoms with Crippen LogP contribution in [0.4, 0.5) is 10.5 Å². The van der Waals surface area contributed by atoms with Gasteiger partial charge < -0.3 is 15.7 Å². The second-order valence-electron chi connectivity index (χ2n) is 4.81. The first-order chi connectivity index (χ1) is 8.73. The highest BCUT2D eigenvalue weighted by molar-refractivity contribution is 9.10. The Morgan fingerprint density at radius 3 is 2.58 bits per heavy atom. The molecule has 4 N–H and O–H groups in total. The molecule has 0 atom stereocenters. The van der Waals surface area contributed by atoms with Crippen LogP contribution in [-0.4, -0.2) is 22.7 Å². The number of carbonyl (C=O) groups excluding carboxylic acids is 1. The standard InChI is InChI=1S/C12H16BrN3O3/c1-12(2,3)19-11(17)15-9-5-4-7(6-8(9)13)10(14)16-18/h4-6,18H,1-3H3,(H2,14,16)(H,15,17). The van der Waals surface area contributed by atoms with Crippen molar-refractivity contribution >= 4 is 33.5 Å². The molecule has 0 radical (unpaired) electrons. The van der Waals surface area contributed by atoms with Gasteiger partial charge in [-0.3, -0.25) is 5.32 Å². The van der Waals surface area contributed by atoms with E-state index < -0.39 is 11.7 Å². The van der Waals surface area contributed by atoms with Gasteiger partial charge in [0.2, 0.25) is 0 Å². The van der Waals surface area contributed by atoms with E-state index >= 15 is 0 Å². The van der Waals surface area contributed by atoms with Crippen LogP contribution < -0.4 is 11.1 Å². The van der Waals surface area contributed by atoms with Crippen molar-refractivity contribution in [3.05, 3.63) is 28.2 Å². The molecule has 7 heteroatoms. The van der Waals surface area contributed by atoms with E-state index in [1.54, 1.807) is 39.0 Å². The molecule has 0 unspecified atom stereocenters. The highest BCUT2D eigenvalue weighted by Gasteiger charge is 2.17. The van der Waals surface area contributed by atoms with Crippen LogP contribution >= 0.6 is 15.9 Å². The number of amidine groups is 1. The van der Waals surface area contributed by atoms with Gasteiger partial charge in [-0.25, -0.2) is 4.79 Å². The summed E-state index contributed by atoms with van der Waals surface area (Å²) < 4.78 is 5.74. The van der Waals surface area contributed by atoms with Crippen LogP contribution in [0.1, 0.15) is 26.3 Å². The van der Waals surface area contributed by atoms with Gasteiger partial charge in [0.15, 0.2) is 5.84 Å². The molecule has 19 heavy (non-hydrogen) atoms. The topological polar surface area (TPSA) is 96.9 Å². The van der Waals surface area contributed by atoms with Crippen molar-refractivity contribution in [2.24, 2.45) is 10.9 Å². The summed E-state index contributed by atoms with van der Waals surface area (Å²) >= 11 is 3.29. The van der Waals surface area contributed by atoms with Crippen LogP contribution in [0.3, 0.4) is 0 Å². The Labute approximate surface area is 119 Å². The molecular weight excluding hydrogens is 314 g/mol. The molecule has 0 aliphatic rings. The summed E-state index contributed by atoms with van der Waals surface area (Å²) in [5.41, 5.74) is 5.96. The molecule has 1 aromatic carbocycles. The Kier molecular flexibility index (Phi) is 4.77. The highest BCUT2D eigenvalue weighted by atomic mass is 79.9. The zero-order chi connectivity index (χ0) is 14.6. The largest absolute Gasteiger partial charge is 0.444 e. The summed E-state index contributed by atoms with van der Waals surface area (Å²) in [5.74, 6) is -0.00971. The van der Waals surface area contributed by atoms with Crippen molar-refractivity contribution in [1.29, 1.82) is 0 Å². The van der Waals surface area contributed by atoms with E-state index in [9.17, 15) is 4.79 Å². The number of carbonyl (C=O) groups is 1. The number of nitrogens with one attached hydrogen (secondary N) is 1. The van der Waals surface area contributed by atoms with Gasteiger partial charge in [0.1, 0.15) is 5.60 Å². The molecule has 0 aliphatic heterocycles. The lowest BCUT2D eigenvalue weighted by atomic mass is 10.2. The third-order valence-corrected chi connectivity index (χ3v) is 2.66. The third kappa shape index (κ3) is 4.78. The predicted octanol–water partition coefficient (Wildman–Crippen LogP) is 2.89. The molecule has 6 nitrogen and oxygen atoms in total. The normalized spacial score (nSPS) is 12.1. The molecule has 0 spiro atoms. The first-order valence-electron chi connectivity index (χ1n) is 5.50. The van der Waals surface area contributed by atoms with E-state index in [2.05, 4.69) is 26.4 Å². The Morgan fingerprint density at radius 2 is 2.11 bits per heavy atom. The van der Waals surface area contributed by atoms with Crippen LogP contribution in [0.25, 0.3) is 0 Å². The van der Waals surface area contributed by atoms with Crippen LogP contribution in [0, 0.1) is 0 Å². The van der Waals surface area contributed by atoms with E-state index in [-0.39, 0.29) is 5.84 Å². The molecule has 0 fully saturated rings. The van der Waals surface area contributed by atoms with Gasteiger partial charge in [-0.1, -0.05) is 5.16 Å².